The number of nitrogens with zero attached hydrogens (tertiary/aromatic N) is 2. The van der Waals surface area contributed by atoms with Crippen LogP contribution in [0.25, 0.3) is 0 Å². The van der Waals surface area contributed by atoms with Gasteiger partial charge < -0.3 is 0 Å². The molecule has 2 nitrogen and oxygen atoms in total. The number of hydrogen-bond donors (Lipinski definition) is 0. The van der Waals surface area contributed by atoms with E-state index in [-0.39, 0.29) is 0 Å². The Balaban J connectivity index is 0. The third-order valence-electron chi connectivity index (χ3n) is 2.00. The maximum absolute atomic E-state index is 4.29. The first-order valence-corrected chi connectivity index (χ1v) is 6.03. The van der Waals surface area contributed by atoms with Gasteiger partial charge in [-0.05, 0) is 19.3 Å². The van der Waals surface area contributed by atoms with Crippen LogP contribution in [-0.2, 0) is 0 Å². The summed E-state index contributed by atoms with van der Waals surface area (Å²) in [7, 11) is 0. The lowest BCUT2D eigenvalue weighted by Crippen LogP contribution is -1.99. The molecule has 0 saturated heterocycles. The van der Waals surface area contributed by atoms with E-state index in [9.17, 15) is 0 Å². The van der Waals surface area contributed by atoms with Crippen LogP contribution in [0.3, 0.4) is 0 Å². The van der Waals surface area contributed by atoms with Crippen molar-refractivity contribution in [2.75, 3.05) is 0 Å². The molecule has 1 unspecified atom stereocenters. The summed E-state index contributed by atoms with van der Waals surface area (Å²) in [6.07, 6.45) is 4.62. The smallest absolute Gasteiger partial charge is 0.0643 e. The first-order valence-electron chi connectivity index (χ1n) is 6.03. The van der Waals surface area contributed by atoms with E-state index in [2.05, 4.69) is 23.8 Å². The first-order chi connectivity index (χ1) is 7.25. The fraction of sp³-hybridized carbons (Fsp3) is 0.692. The SMILES string of the molecule is CC.CC.CCC(C)c1nccnc1C. The van der Waals surface area contributed by atoms with Gasteiger partial charge in [0.25, 0.3) is 0 Å². The van der Waals surface area contributed by atoms with Crippen molar-refractivity contribution < 1.29 is 0 Å². The van der Waals surface area contributed by atoms with Crippen molar-refractivity contribution in [2.45, 2.75) is 60.8 Å². The number of hydrogen-bond acceptors (Lipinski definition) is 2. The lowest BCUT2D eigenvalue weighted by atomic mass is 10.0. The molecule has 0 saturated carbocycles. The van der Waals surface area contributed by atoms with Crippen LogP contribution in [-0.4, -0.2) is 9.97 Å². The molecule has 1 rings (SSSR count). The van der Waals surface area contributed by atoms with Crippen LogP contribution < -0.4 is 0 Å². The maximum atomic E-state index is 4.29. The molecule has 0 amide bonds. The third-order valence-corrected chi connectivity index (χ3v) is 2.00. The molecule has 0 N–H and O–H groups in total. The third kappa shape index (κ3) is 6.21. The van der Waals surface area contributed by atoms with E-state index in [0.29, 0.717) is 5.92 Å². The molecule has 2 heteroatoms. The van der Waals surface area contributed by atoms with Crippen molar-refractivity contribution in [1.82, 2.24) is 9.97 Å². The van der Waals surface area contributed by atoms with Crippen molar-refractivity contribution in [3.8, 4) is 0 Å². The molecule has 88 valence electrons. The lowest BCUT2D eigenvalue weighted by molar-refractivity contribution is 0.694. The van der Waals surface area contributed by atoms with Gasteiger partial charge in [0.15, 0.2) is 0 Å². The molecule has 1 aromatic rings. The maximum Gasteiger partial charge on any atom is 0.0643 e. The molecular weight excluding hydrogens is 184 g/mol. The van der Waals surface area contributed by atoms with E-state index in [1.165, 1.54) is 0 Å². The number of aryl methyl sites for hydroxylation is 1. The summed E-state index contributed by atoms with van der Waals surface area (Å²) in [6.45, 7) is 14.4. The van der Waals surface area contributed by atoms with Crippen LogP contribution in [0.2, 0.25) is 0 Å². The predicted molar refractivity (Wildman–Crippen MR) is 68.2 cm³/mol. The van der Waals surface area contributed by atoms with Gasteiger partial charge in [0.1, 0.15) is 0 Å². The molecule has 1 atom stereocenters. The van der Waals surface area contributed by atoms with Gasteiger partial charge in [0.05, 0.1) is 11.4 Å². The van der Waals surface area contributed by atoms with Crippen molar-refractivity contribution in [2.24, 2.45) is 0 Å². The fourth-order valence-electron chi connectivity index (χ4n) is 1.10. The first kappa shape index (κ1) is 16.5. The van der Waals surface area contributed by atoms with Crippen molar-refractivity contribution in [3.05, 3.63) is 23.8 Å². The predicted octanol–water partition coefficient (Wildman–Crippen LogP) is 4.35. The zero-order valence-corrected chi connectivity index (χ0v) is 11.3. The molecule has 0 aliphatic carbocycles. The standard InChI is InChI=1S/C9H14N2.2C2H6/c1-4-7(2)9-8(3)10-5-6-11-9;2*1-2/h5-7H,4H2,1-3H3;2*1-2H3. The van der Waals surface area contributed by atoms with Gasteiger partial charge in [0, 0.05) is 12.4 Å². The molecule has 15 heavy (non-hydrogen) atoms. The molecular formula is C13H26N2. The van der Waals surface area contributed by atoms with Crippen LogP contribution in [0.15, 0.2) is 12.4 Å². The van der Waals surface area contributed by atoms with Crippen LogP contribution in [0, 0.1) is 6.92 Å². The molecule has 0 fully saturated rings. The molecule has 0 aliphatic heterocycles. The van der Waals surface area contributed by atoms with Crippen molar-refractivity contribution in [1.29, 1.82) is 0 Å². The highest BCUT2D eigenvalue weighted by Crippen LogP contribution is 2.17. The molecule has 1 aromatic heterocycles. The van der Waals surface area contributed by atoms with Gasteiger partial charge in [-0.15, -0.1) is 0 Å². The summed E-state index contributed by atoms with van der Waals surface area (Å²) in [6, 6.07) is 0. The highest BCUT2D eigenvalue weighted by Gasteiger charge is 2.06. The average molecular weight is 210 g/mol. The minimum absolute atomic E-state index is 0.531. The normalized spacial score (nSPS) is 10.3. The fourth-order valence-corrected chi connectivity index (χ4v) is 1.10. The minimum atomic E-state index is 0.531. The van der Waals surface area contributed by atoms with Crippen LogP contribution in [0.5, 0.6) is 0 Å². The van der Waals surface area contributed by atoms with E-state index in [0.717, 1.165) is 17.8 Å². The van der Waals surface area contributed by atoms with E-state index < -0.39 is 0 Å². The molecule has 1 heterocycles. The highest BCUT2D eigenvalue weighted by atomic mass is 14.8. The Kier molecular flexibility index (Phi) is 12.3. The summed E-state index contributed by atoms with van der Waals surface area (Å²) in [5.41, 5.74) is 2.19. The van der Waals surface area contributed by atoms with Gasteiger partial charge in [0.2, 0.25) is 0 Å². The number of rotatable bonds is 2. The summed E-state index contributed by atoms with van der Waals surface area (Å²) in [4.78, 5) is 8.47. The van der Waals surface area contributed by atoms with E-state index in [1.807, 2.05) is 34.6 Å². The molecule has 0 bridgehead atoms. The summed E-state index contributed by atoms with van der Waals surface area (Å²) in [5, 5.41) is 0. The van der Waals surface area contributed by atoms with Crippen LogP contribution in [0.1, 0.15) is 65.3 Å². The van der Waals surface area contributed by atoms with Gasteiger partial charge in [-0.3, -0.25) is 9.97 Å². The Bertz CT molecular complexity index is 234. The topological polar surface area (TPSA) is 25.8 Å². The Morgan fingerprint density at radius 2 is 1.53 bits per heavy atom. The zero-order chi connectivity index (χ0) is 12.3. The minimum Gasteiger partial charge on any atom is -0.258 e. The van der Waals surface area contributed by atoms with Crippen molar-refractivity contribution in [3.63, 3.8) is 0 Å². The molecule has 0 aliphatic rings. The Morgan fingerprint density at radius 3 is 1.93 bits per heavy atom. The largest absolute Gasteiger partial charge is 0.258 e. The van der Waals surface area contributed by atoms with Gasteiger partial charge >= 0.3 is 0 Å². The quantitative estimate of drug-likeness (QED) is 0.725. The van der Waals surface area contributed by atoms with Crippen molar-refractivity contribution >= 4 is 0 Å². The second-order valence-corrected chi connectivity index (χ2v) is 2.84. The van der Waals surface area contributed by atoms with Gasteiger partial charge in [-0.25, -0.2) is 0 Å². The number of aromatic nitrogens is 2. The average Bonchev–Trinajstić information content (AvgIpc) is 2.34. The second kappa shape index (κ2) is 11.2. The van der Waals surface area contributed by atoms with E-state index in [1.54, 1.807) is 12.4 Å². The van der Waals surface area contributed by atoms with Crippen LogP contribution in [0.4, 0.5) is 0 Å². The van der Waals surface area contributed by atoms with E-state index >= 15 is 0 Å². The van der Waals surface area contributed by atoms with E-state index in [4.69, 9.17) is 0 Å². The molecule has 0 radical (unpaired) electrons. The van der Waals surface area contributed by atoms with Gasteiger partial charge in [-0.2, -0.15) is 0 Å². The Labute approximate surface area is 95.2 Å². The summed E-state index contributed by atoms with van der Waals surface area (Å²) in [5.74, 6) is 0.531. The highest BCUT2D eigenvalue weighted by molar-refractivity contribution is 5.12. The Hall–Kier alpha value is -0.920. The lowest BCUT2D eigenvalue weighted by Gasteiger charge is -2.08. The Morgan fingerprint density at radius 1 is 1.07 bits per heavy atom. The molecule has 0 aromatic carbocycles. The van der Waals surface area contributed by atoms with Crippen LogP contribution >= 0.6 is 0 Å². The second-order valence-electron chi connectivity index (χ2n) is 2.84. The summed E-state index contributed by atoms with van der Waals surface area (Å²) >= 11 is 0. The zero-order valence-electron chi connectivity index (χ0n) is 11.3. The molecule has 0 spiro atoms. The monoisotopic (exact) mass is 210 g/mol. The van der Waals surface area contributed by atoms with Gasteiger partial charge in [-0.1, -0.05) is 41.5 Å². The summed E-state index contributed by atoms with van der Waals surface area (Å²) < 4.78 is 0.